The molecule has 0 aromatic heterocycles. The number of amides is 1. The van der Waals surface area contributed by atoms with Crippen LogP contribution in [-0.2, 0) is 10.0 Å². The van der Waals surface area contributed by atoms with Gasteiger partial charge in [-0.3, -0.25) is 4.79 Å². The Bertz CT molecular complexity index is 1330. The fourth-order valence-corrected chi connectivity index (χ4v) is 4.54. The van der Waals surface area contributed by atoms with Crippen molar-refractivity contribution in [2.75, 3.05) is 5.32 Å². The van der Waals surface area contributed by atoms with E-state index in [2.05, 4.69) is 19.8 Å². The van der Waals surface area contributed by atoms with Crippen molar-refractivity contribution >= 4 is 27.5 Å². The second-order valence-electron chi connectivity index (χ2n) is 7.26. The van der Waals surface area contributed by atoms with Crippen LogP contribution in [0.5, 0.6) is 5.75 Å². The Morgan fingerprint density at radius 3 is 2.45 bits per heavy atom. The standard InChI is InChI=1S/C23H19F2N3O4S/c1-14(16-5-4-6-18(13-16)32-23(24)25)26-22(29)15-9-11-17(12-10-15)27-21-19-7-2-3-8-20(19)33(30,31)28-21/h2-14,23H,1H3,(H,26,29)(H,27,28). The smallest absolute Gasteiger partial charge is 0.387 e. The van der Waals surface area contributed by atoms with E-state index in [0.717, 1.165) is 0 Å². The molecule has 0 radical (unpaired) electrons. The molecule has 0 saturated carbocycles. The molecule has 0 saturated heterocycles. The van der Waals surface area contributed by atoms with Crippen molar-refractivity contribution in [3.8, 4) is 5.75 Å². The van der Waals surface area contributed by atoms with Gasteiger partial charge in [-0.05, 0) is 61.0 Å². The van der Waals surface area contributed by atoms with Gasteiger partial charge in [0.05, 0.1) is 6.04 Å². The molecule has 0 aliphatic carbocycles. The third-order valence-corrected chi connectivity index (χ3v) is 6.31. The Hall–Kier alpha value is -3.79. The van der Waals surface area contributed by atoms with E-state index in [0.29, 0.717) is 22.4 Å². The van der Waals surface area contributed by atoms with E-state index < -0.39 is 22.7 Å². The Morgan fingerprint density at radius 1 is 1.00 bits per heavy atom. The molecule has 1 aliphatic rings. The number of hydrogen-bond acceptors (Lipinski definition) is 5. The highest BCUT2D eigenvalue weighted by Crippen LogP contribution is 2.27. The maximum Gasteiger partial charge on any atom is 0.387 e. The zero-order valence-electron chi connectivity index (χ0n) is 17.3. The Kier molecular flexibility index (Phi) is 6.10. The molecule has 1 amide bonds. The van der Waals surface area contributed by atoms with Gasteiger partial charge in [0.15, 0.2) is 5.84 Å². The molecular weight excluding hydrogens is 452 g/mol. The minimum atomic E-state index is -3.74. The van der Waals surface area contributed by atoms with Crippen LogP contribution in [0.2, 0.25) is 0 Å². The van der Waals surface area contributed by atoms with E-state index in [-0.39, 0.29) is 22.4 Å². The maximum atomic E-state index is 12.6. The number of halogens is 2. The number of alkyl halides is 2. The fourth-order valence-electron chi connectivity index (χ4n) is 3.36. The van der Waals surface area contributed by atoms with Crippen LogP contribution in [0.4, 0.5) is 14.5 Å². The third-order valence-electron chi connectivity index (χ3n) is 4.97. The summed E-state index contributed by atoms with van der Waals surface area (Å²) in [6.07, 6.45) is 0. The summed E-state index contributed by atoms with van der Waals surface area (Å²) in [6, 6.07) is 18.6. The van der Waals surface area contributed by atoms with Gasteiger partial charge in [0.1, 0.15) is 10.6 Å². The van der Waals surface area contributed by atoms with Crippen LogP contribution in [0.1, 0.15) is 34.5 Å². The molecule has 1 heterocycles. The van der Waals surface area contributed by atoms with E-state index in [9.17, 15) is 22.0 Å². The predicted octanol–water partition coefficient (Wildman–Crippen LogP) is 4.34. The van der Waals surface area contributed by atoms with E-state index in [1.54, 1.807) is 61.5 Å². The molecule has 4 rings (SSSR count). The van der Waals surface area contributed by atoms with Crippen LogP contribution in [0.3, 0.4) is 0 Å². The topological polar surface area (TPSA) is 96.9 Å². The van der Waals surface area contributed by atoms with Gasteiger partial charge < -0.3 is 15.4 Å². The van der Waals surface area contributed by atoms with Gasteiger partial charge in [-0.2, -0.15) is 17.2 Å². The first-order valence-electron chi connectivity index (χ1n) is 9.90. The number of carbonyl (C=O) groups excluding carboxylic acids is 1. The number of amidine groups is 1. The van der Waals surface area contributed by atoms with Gasteiger partial charge in [-0.25, -0.2) is 0 Å². The minimum absolute atomic E-state index is 0.0115. The summed E-state index contributed by atoms with van der Waals surface area (Å²) in [5, 5.41) is 5.78. The van der Waals surface area contributed by atoms with E-state index >= 15 is 0 Å². The van der Waals surface area contributed by atoms with Crippen LogP contribution in [0.15, 0.2) is 82.1 Å². The number of nitrogens with one attached hydrogen (secondary N) is 2. The summed E-state index contributed by atoms with van der Waals surface area (Å²) in [6.45, 7) is -1.20. The fraction of sp³-hybridized carbons (Fsp3) is 0.130. The third kappa shape index (κ3) is 5.01. The number of fused-ring (bicyclic) bond motifs is 1. The van der Waals surface area contributed by atoms with Crippen molar-refractivity contribution in [2.45, 2.75) is 24.5 Å². The molecule has 7 nitrogen and oxygen atoms in total. The SMILES string of the molecule is CC(NC(=O)c1ccc(NC2=NS(=O)(=O)c3ccccc32)cc1)c1cccc(OC(F)F)c1. The zero-order chi connectivity index (χ0) is 23.6. The van der Waals surface area contributed by atoms with Crippen molar-refractivity contribution in [1.29, 1.82) is 0 Å². The molecule has 10 heteroatoms. The number of hydrogen-bond donors (Lipinski definition) is 2. The number of rotatable bonds is 6. The van der Waals surface area contributed by atoms with Crippen molar-refractivity contribution in [3.63, 3.8) is 0 Å². The highest BCUT2D eigenvalue weighted by atomic mass is 32.2. The largest absolute Gasteiger partial charge is 0.435 e. The van der Waals surface area contributed by atoms with Crippen LogP contribution < -0.4 is 15.4 Å². The number of sulfonamides is 1. The second-order valence-corrected chi connectivity index (χ2v) is 8.83. The zero-order valence-corrected chi connectivity index (χ0v) is 18.1. The minimum Gasteiger partial charge on any atom is -0.435 e. The van der Waals surface area contributed by atoms with Gasteiger partial charge in [-0.15, -0.1) is 4.40 Å². The lowest BCUT2D eigenvalue weighted by Crippen LogP contribution is -2.26. The average Bonchev–Trinajstić information content (AvgIpc) is 3.04. The summed E-state index contributed by atoms with van der Waals surface area (Å²) < 4.78 is 57.4. The monoisotopic (exact) mass is 471 g/mol. The van der Waals surface area contributed by atoms with Crippen LogP contribution in [-0.4, -0.2) is 26.8 Å². The molecule has 3 aromatic carbocycles. The molecule has 1 atom stereocenters. The molecule has 0 fully saturated rings. The summed E-state index contributed by atoms with van der Waals surface area (Å²) in [7, 11) is -3.74. The maximum absolute atomic E-state index is 12.6. The number of ether oxygens (including phenoxy) is 1. The Labute approximate surface area is 189 Å². The normalized spacial score (nSPS) is 14.8. The van der Waals surface area contributed by atoms with Crippen molar-refractivity contribution in [2.24, 2.45) is 4.40 Å². The Balaban J connectivity index is 1.43. The predicted molar refractivity (Wildman–Crippen MR) is 119 cm³/mol. The number of anilines is 1. The molecule has 170 valence electrons. The molecule has 1 unspecified atom stereocenters. The summed E-state index contributed by atoms with van der Waals surface area (Å²) in [4.78, 5) is 12.7. The first kappa shape index (κ1) is 22.4. The number of nitrogens with zero attached hydrogens (tertiary/aromatic N) is 1. The quantitative estimate of drug-likeness (QED) is 0.558. The van der Waals surface area contributed by atoms with Crippen molar-refractivity contribution < 1.29 is 26.7 Å². The highest BCUT2D eigenvalue weighted by Gasteiger charge is 2.28. The van der Waals surface area contributed by atoms with Crippen molar-refractivity contribution in [1.82, 2.24) is 5.32 Å². The van der Waals surface area contributed by atoms with Crippen LogP contribution >= 0.6 is 0 Å². The number of carbonyl (C=O) groups is 1. The molecular formula is C23H19F2N3O4S. The van der Waals surface area contributed by atoms with E-state index in [1.807, 2.05) is 0 Å². The molecule has 0 spiro atoms. The van der Waals surface area contributed by atoms with E-state index in [1.165, 1.54) is 18.2 Å². The first-order valence-corrected chi connectivity index (χ1v) is 11.3. The van der Waals surface area contributed by atoms with E-state index in [4.69, 9.17) is 0 Å². The average molecular weight is 471 g/mol. The van der Waals surface area contributed by atoms with Crippen molar-refractivity contribution in [3.05, 3.63) is 89.5 Å². The van der Waals surface area contributed by atoms with Gasteiger partial charge in [0.2, 0.25) is 0 Å². The molecule has 1 aliphatic heterocycles. The van der Waals surface area contributed by atoms with Crippen LogP contribution in [0.25, 0.3) is 0 Å². The number of benzene rings is 3. The summed E-state index contributed by atoms with van der Waals surface area (Å²) in [5.74, 6) is -0.139. The lowest BCUT2D eigenvalue weighted by Gasteiger charge is -2.16. The van der Waals surface area contributed by atoms with Gasteiger partial charge in [-0.1, -0.05) is 24.3 Å². The second kappa shape index (κ2) is 8.99. The molecule has 0 bridgehead atoms. The summed E-state index contributed by atoms with van der Waals surface area (Å²) >= 11 is 0. The van der Waals surface area contributed by atoms with Crippen LogP contribution in [0, 0.1) is 0 Å². The lowest BCUT2D eigenvalue weighted by molar-refractivity contribution is -0.0499. The van der Waals surface area contributed by atoms with Gasteiger partial charge in [0.25, 0.3) is 15.9 Å². The Morgan fingerprint density at radius 2 is 1.73 bits per heavy atom. The molecule has 3 aromatic rings. The summed E-state index contributed by atoms with van der Waals surface area (Å²) in [5.41, 5.74) is 2.01. The van der Waals surface area contributed by atoms with Gasteiger partial charge in [0, 0.05) is 16.8 Å². The molecule has 33 heavy (non-hydrogen) atoms. The van der Waals surface area contributed by atoms with Gasteiger partial charge >= 0.3 is 6.61 Å². The molecule has 2 N–H and O–H groups in total. The lowest BCUT2D eigenvalue weighted by atomic mass is 10.1. The highest BCUT2D eigenvalue weighted by molar-refractivity contribution is 7.90. The first-order chi connectivity index (χ1) is 15.7.